The van der Waals surface area contributed by atoms with Crippen LogP contribution in [0.3, 0.4) is 0 Å². The highest BCUT2D eigenvalue weighted by molar-refractivity contribution is 6.01. The summed E-state index contributed by atoms with van der Waals surface area (Å²) in [5.74, 6) is 0.122. The van der Waals surface area contributed by atoms with Crippen LogP contribution >= 0.6 is 0 Å². The van der Waals surface area contributed by atoms with E-state index in [-0.39, 0.29) is 5.56 Å². The third kappa shape index (κ3) is 3.40. The van der Waals surface area contributed by atoms with Gasteiger partial charge in [0.25, 0.3) is 5.91 Å². The van der Waals surface area contributed by atoms with Crippen LogP contribution in [0.15, 0.2) is 42.5 Å². The minimum atomic E-state index is -4.54. The average Bonchev–Trinajstić information content (AvgIpc) is 2.62. The number of nitrogens with one attached hydrogen (secondary N) is 1. The quantitative estimate of drug-likeness (QED) is 0.894. The van der Waals surface area contributed by atoms with Gasteiger partial charge in [-0.25, -0.2) is 0 Å². The minimum Gasteiger partial charge on any atom is -0.497 e. The first-order chi connectivity index (χ1) is 12.3. The second-order valence-electron chi connectivity index (χ2n) is 5.75. The largest absolute Gasteiger partial charge is 0.497 e. The summed E-state index contributed by atoms with van der Waals surface area (Å²) in [6.45, 7) is -1.38. The summed E-state index contributed by atoms with van der Waals surface area (Å²) >= 11 is 0. The molecule has 2 aromatic carbocycles. The van der Waals surface area contributed by atoms with Gasteiger partial charge in [0.15, 0.2) is 0 Å². The highest BCUT2D eigenvalue weighted by Crippen LogP contribution is 2.39. The number of amides is 1. The molecule has 1 unspecified atom stereocenters. The Labute approximate surface area is 148 Å². The van der Waals surface area contributed by atoms with Crippen LogP contribution < -0.4 is 14.8 Å². The van der Waals surface area contributed by atoms with Crippen LogP contribution in [0.1, 0.15) is 22.1 Å². The standard InChI is InChI=1S/C18H17F3N2O3/c1-25-11-7-8-13(15(9-11)26-2)16-22-14-6-4-3-5-12(14)17(24)23(16)10-18(19,20)21/h3-9,16,22H,10H2,1-2H3. The highest BCUT2D eigenvalue weighted by atomic mass is 19.4. The van der Waals surface area contributed by atoms with Crippen LogP contribution in [0.25, 0.3) is 0 Å². The molecule has 1 amide bonds. The molecular formula is C18H17F3N2O3. The van der Waals surface area contributed by atoms with Gasteiger partial charge in [-0.2, -0.15) is 13.2 Å². The van der Waals surface area contributed by atoms with Crippen molar-refractivity contribution >= 4 is 11.6 Å². The van der Waals surface area contributed by atoms with Gasteiger partial charge in [0.1, 0.15) is 24.2 Å². The average molecular weight is 366 g/mol. The van der Waals surface area contributed by atoms with Crippen molar-refractivity contribution < 1.29 is 27.4 Å². The Morgan fingerprint density at radius 2 is 1.85 bits per heavy atom. The van der Waals surface area contributed by atoms with Gasteiger partial charge in [0, 0.05) is 17.3 Å². The monoisotopic (exact) mass is 366 g/mol. The number of fused-ring (bicyclic) bond motifs is 1. The van der Waals surface area contributed by atoms with Crippen LogP contribution in [-0.2, 0) is 0 Å². The van der Waals surface area contributed by atoms with Gasteiger partial charge >= 0.3 is 6.18 Å². The lowest BCUT2D eigenvalue weighted by Gasteiger charge is -2.38. The molecule has 138 valence electrons. The summed E-state index contributed by atoms with van der Waals surface area (Å²) < 4.78 is 49.7. The molecule has 0 saturated carbocycles. The number of methoxy groups -OCH3 is 2. The molecule has 8 heteroatoms. The first-order valence-corrected chi connectivity index (χ1v) is 7.79. The number of benzene rings is 2. The number of halogens is 3. The molecule has 1 atom stereocenters. The maximum absolute atomic E-state index is 13.1. The highest BCUT2D eigenvalue weighted by Gasteiger charge is 2.41. The molecule has 0 bridgehead atoms. The fourth-order valence-electron chi connectivity index (χ4n) is 2.94. The number of rotatable bonds is 4. The number of alkyl halides is 3. The van der Waals surface area contributed by atoms with E-state index in [2.05, 4.69) is 5.32 Å². The van der Waals surface area contributed by atoms with Gasteiger partial charge in [-0.15, -0.1) is 0 Å². The Morgan fingerprint density at radius 3 is 2.50 bits per heavy atom. The van der Waals surface area contributed by atoms with Crippen molar-refractivity contribution in [1.29, 1.82) is 0 Å². The lowest BCUT2D eigenvalue weighted by atomic mass is 10.0. The van der Waals surface area contributed by atoms with E-state index in [0.29, 0.717) is 22.7 Å². The van der Waals surface area contributed by atoms with E-state index in [0.717, 1.165) is 4.90 Å². The van der Waals surface area contributed by atoms with Crippen molar-refractivity contribution in [3.63, 3.8) is 0 Å². The Balaban J connectivity index is 2.09. The zero-order valence-electron chi connectivity index (χ0n) is 14.1. The number of para-hydroxylation sites is 1. The molecule has 0 spiro atoms. The van der Waals surface area contributed by atoms with E-state index in [4.69, 9.17) is 9.47 Å². The summed E-state index contributed by atoms with van der Waals surface area (Å²) in [5.41, 5.74) is 1.07. The zero-order valence-corrected chi connectivity index (χ0v) is 14.1. The van der Waals surface area contributed by atoms with Crippen LogP contribution in [0, 0.1) is 0 Å². The maximum atomic E-state index is 13.1. The third-order valence-electron chi connectivity index (χ3n) is 4.11. The lowest BCUT2D eigenvalue weighted by Crippen LogP contribution is -2.47. The molecule has 5 nitrogen and oxygen atoms in total. The van der Waals surface area contributed by atoms with Crippen LogP contribution in [0.5, 0.6) is 11.5 Å². The smallest absolute Gasteiger partial charge is 0.406 e. The maximum Gasteiger partial charge on any atom is 0.406 e. The van der Waals surface area contributed by atoms with E-state index in [1.807, 2.05) is 0 Å². The Kier molecular flexibility index (Phi) is 4.67. The summed E-state index contributed by atoms with van der Waals surface area (Å²) in [5, 5.41) is 3.01. The van der Waals surface area contributed by atoms with Crippen molar-refractivity contribution in [3.05, 3.63) is 53.6 Å². The first-order valence-electron chi connectivity index (χ1n) is 7.79. The fourth-order valence-corrected chi connectivity index (χ4v) is 2.94. The number of carbonyl (C=O) groups is 1. The third-order valence-corrected chi connectivity index (χ3v) is 4.11. The molecular weight excluding hydrogens is 349 g/mol. The molecule has 2 aromatic rings. The first kappa shape index (κ1) is 17.9. The fraction of sp³-hybridized carbons (Fsp3) is 0.278. The summed E-state index contributed by atoms with van der Waals surface area (Å²) in [6.07, 6.45) is -5.57. The van der Waals surface area contributed by atoms with Crippen LogP contribution in [0.2, 0.25) is 0 Å². The molecule has 0 aliphatic carbocycles. The second-order valence-corrected chi connectivity index (χ2v) is 5.75. The number of nitrogens with zero attached hydrogens (tertiary/aromatic N) is 1. The molecule has 1 N–H and O–H groups in total. The topological polar surface area (TPSA) is 50.8 Å². The normalized spacial score (nSPS) is 16.7. The van der Waals surface area contributed by atoms with Crippen LogP contribution in [-0.4, -0.2) is 37.7 Å². The van der Waals surface area contributed by atoms with Crippen molar-refractivity contribution in [1.82, 2.24) is 4.90 Å². The number of hydrogen-bond acceptors (Lipinski definition) is 4. The van der Waals surface area contributed by atoms with Gasteiger partial charge in [0.05, 0.1) is 19.8 Å². The Bertz CT molecular complexity index is 824. The molecule has 0 aromatic heterocycles. The van der Waals surface area contributed by atoms with Crippen molar-refractivity contribution in [2.75, 3.05) is 26.1 Å². The summed E-state index contributed by atoms with van der Waals surface area (Å²) in [7, 11) is 2.88. The molecule has 1 aliphatic heterocycles. The lowest BCUT2D eigenvalue weighted by molar-refractivity contribution is -0.144. The molecule has 0 saturated heterocycles. The van der Waals surface area contributed by atoms with Gasteiger partial charge in [-0.1, -0.05) is 12.1 Å². The molecule has 0 fully saturated rings. The van der Waals surface area contributed by atoms with Gasteiger partial charge < -0.3 is 19.7 Å². The van der Waals surface area contributed by atoms with E-state index < -0.39 is 24.8 Å². The summed E-state index contributed by atoms with van der Waals surface area (Å²) in [4.78, 5) is 13.5. The van der Waals surface area contributed by atoms with Crippen LogP contribution in [0.4, 0.5) is 18.9 Å². The van der Waals surface area contributed by atoms with Crippen molar-refractivity contribution in [2.45, 2.75) is 12.3 Å². The van der Waals surface area contributed by atoms with Gasteiger partial charge in [0.2, 0.25) is 0 Å². The predicted octanol–water partition coefficient (Wildman–Crippen LogP) is 3.83. The van der Waals surface area contributed by atoms with E-state index >= 15 is 0 Å². The number of ether oxygens (including phenoxy) is 2. The van der Waals surface area contributed by atoms with E-state index in [1.165, 1.54) is 20.3 Å². The second kappa shape index (κ2) is 6.78. The SMILES string of the molecule is COc1ccc(C2Nc3ccccc3C(=O)N2CC(F)(F)F)c(OC)c1. The molecule has 26 heavy (non-hydrogen) atoms. The molecule has 0 radical (unpaired) electrons. The number of carbonyl (C=O) groups excluding carboxylic acids is 1. The zero-order chi connectivity index (χ0) is 18.9. The molecule has 1 heterocycles. The van der Waals surface area contributed by atoms with E-state index in [9.17, 15) is 18.0 Å². The number of anilines is 1. The predicted molar refractivity (Wildman–Crippen MR) is 89.4 cm³/mol. The molecule has 3 rings (SSSR count). The Morgan fingerprint density at radius 1 is 1.12 bits per heavy atom. The van der Waals surface area contributed by atoms with Crippen molar-refractivity contribution in [2.24, 2.45) is 0 Å². The van der Waals surface area contributed by atoms with Crippen molar-refractivity contribution in [3.8, 4) is 11.5 Å². The van der Waals surface area contributed by atoms with E-state index in [1.54, 1.807) is 36.4 Å². The van der Waals surface area contributed by atoms with Gasteiger partial charge in [-0.3, -0.25) is 4.79 Å². The molecule has 1 aliphatic rings. The van der Waals surface area contributed by atoms with Gasteiger partial charge in [-0.05, 0) is 24.3 Å². The Hall–Kier alpha value is -2.90. The number of hydrogen-bond donors (Lipinski definition) is 1. The minimum absolute atomic E-state index is 0.195. The summed E-state index contributed by atoms with van der Waals surface area (Å²) in [6, 6.07) is 11.2.